The fraction of sp³-hybridized carbons (Fsp3) is 0.706. The van der Waals surface area contributed by atoms with E-state index in [1.807, 2.05) is 20.8 Å². The molecule has 0 spiro atoms. The monoisotopic (exact) mass is 333 g/mol. The minimum absolute atomic E-state index is 0.0547. The molecule has 3 heterocycles. The van der Waals surface area contributed by atoms with Gasteiger partial charge in [-0.1, -0.05) is 0 Å². The number of aromatic nitrogens is 4. The topological polar surface area (TPSA) is 84.8 Å². The lowest BCUT2D eigenvalue weighted by molar-refractivity contribution is -0.0663. The Morgan fingerprint density at radius 1 is 1.33 bits per heavy atom. The van der Waals surface area contributed by atoms with Crippen molar-refractivity contribution in [3.63, 3.8) is 0 Å². The van der Waals surface area contributed by atoms with Gasteiger partial charge in [-0.05, 0) is 54.9 Å². The SMILES string of the molecule is CC1(C)CC(Nc2nc3c(cnn3C(C)(C)C)c(=O)[nH]2)C(C)(C)O1. The molecule has 1 aliphatic heterocycles. The van der Waals surface area contributed by atoms with Crippen molar-refractivity contribution in [1.82, 2.24) is 19.7 Å². The number of fused-ring (bicyclic) bond motifs is 1. The van der Waals surface area contributed by atoms with Crippen LogP contribution >= 0.6 is 0 Å². The maximum atomic E-state index is 12.4. The van der Waals surface area contributed by atoms with Crippen LogP contribution in [0.25, 0.3) is 11.0 Å². The van der Waals surface area contributed by atoms with Gasteiger partial charge in [0.15, 0.2) is 5.65 Å². The largest absolute Gasteiger partial charge is 0.367 e. The lowest BCUT2D eigenvalue weighted by Gasteiger charge is -2.28. The number of H-pyrrole nitrogens is 1. The highest BCUT2D eigenvalue weighted by Gasteiger charge is 2.46. The van der Waals surface area contributed by atoms with Crippen molar-refractivity contribution in [2.45, 2.75) is 77.7 Å². The van der Waals surface area contributed by atoms with E-state index in [2.05, 4.69) is 48.1 Å². The Kier molecular flexibility index (Phi) is 3.57. The Labute approximate surface area is 141 Å². The number of nitrogens with one attached hydrogen (secondary N) is 2. The molecule has 0 bridgehead atoms. The average molecular weight is 333 g/mol. The lowest BCUT2D eigenvalue weighted by atomic mass is 9.95. The lowest BCUT2D eigenvalue weighted by Crippen LogP contribution is -2.39. The highest BCUT2D eigenvalue weighted by molar-refractivity contribution is 5.74. The fourth-order valence-electron chi connectivity index (χ4n) is 3.43. The third-order valence-corrected chi connectivity index (χ3v) is 4.46. The summed E-state index contributed by atoms with van der Waals surface area (Å²) < 4.78 is 7.88. The quantitative estimate of drug-likeness (QED) is 0.882. The first kappa shape index (κ1) is 17.0. The molecular formula is C17H27N5O2. The van der Waals surface area contributed by atoms with Crippen molar-refractivity contribution in [3.8, 4) is 0 Å². The molecule has 7 nitrogen and oxygen atoms in total. The van der Waals surface area contributed by atoms with Crippen LogP contribution in [0.5, 0.6) is 0 Å². The van der Waals surface area contributed by atoms with Gasteiger partial charge in [0.25, 0.3) is 5.56 Å². The zero-order valence-corrected chi connectivity index (χ0v) is 15.5. The molecule has 132 valence electrons. The van der Waals surface area contributed by atoms with Crippen LogP contribution in [-0.4, -0.2) is 37.0 Å². The molecule has 0 radical (unpaired) electrons. The van der Waals surface area contributed by atoms with Gasteiger partial charge in [-0.2, -0.15) is 10.1 Å². The molecule has 7 heteroatoms. The Morgan fingerprint density at radius 2 is 2.00 bits per heavy atom. The van der Waals surface area contributed by atoms with Crippen LogP contribution in [0.15, 0.2) is 11.0 Å². The van der Waals surface area contributed by atoms with Gasteiger partial charge in [0.05, 0.1) is 29.0 Å². The molecule has 2 aromatic heterocycles. The minimum atomic E-state index is -0.346. The number of hydrogen-bond donors (Lipinski definition) is 2. The summed E-state index contributed by atoms with van der Waals surface area (Å²) in [6.45, 7) is 14.4. The summed E-state index contributed by atoms with van der Waals surface area (Å²) in [4.78, 5) is 19.8. The number of hydrogen-bond acceptors (Lipinski definition) is 5. The smallest absolute Gasteiger partial charge is 0.263 e. The molecule has 1 unspecified atom stereocenters. The van der Waals surface area contributed by atoms with E-state index < -0.39 is 0 Å². The summed E-state index contributed by atoms with van der Waals surface area (Å²) in [5.41, 5.74) is -0.406. The van der Waals surface area contributed by atoms with Crippen molar-refractivity contribution in [2.24, 2.45) is 0 Å². The Hall–Kier alpha value is -1.89. The van der Waals surface area contributed by atoms with Crippen LogP contribution in [-0.2, 0) is 10.3 Å². The number of anilines is 1. The van der Waals surface area contributed by atoms with E-state index >= 15 is 0 Å². The van der Waals surface area contributed by atoms with E-state index in [1.54, 1.807) is 10.9 Å². The van der Waals surface area contributed by atoms with Crippen molar-refractivity contribution in [1.29, 1.82) is 0 Å². The summed E-state index contributed by atoms with van der Waals surface area (Å²) in [6.07, 6.45) is 2.40. The molecule has 3 rings (SSSR count). The van der Waals surface area contributed by atoms with E-state index in [0.717, 1.165) is 6.42 Å². The molecule has 1 fully saturated rings. The van der Waals surface area contributed by atoms with Crippen LogP contribution in [0.2, 0.25) is 0 Å². The first-order valence-electron chi connectivity index (χ1n) is 8.34. The second kappa shape index (κ2) is 5.05. The Balaban J connectivity index is 2.01. The van der Waals surface area contributed by atoms with Gasteiger partial charge in [-0.25, -0.2) is 4.68 Å². The zero-order valence-electron chi connectivity index (χ0n) is 15.5. The fourth-order valence-corrected chi connectivity index (χ4v) is 3.43. The summed E-state index contributed by atoms with van der Waals surface area (Å²) in [7, 11) is 0. The molecule has 1 aliphatic rings. The van der Waals surface area contributed by atoms with Crippen LogP contribution in [0.1, 0.15) is 54.9 Å². The zero-order chi connectivity index (χ0) is 17.9. The van der Waals surface area contributed by atoms with E-state index in [-0.39, 0.29) is 28.3 Å². The summed E-state index contributed by atoms with van der Waals surface area (Å²) >= 11 is 0. The van der Waals surface area contributed by atoms with Crippen molar-refractivity contribution < 1.29 is 4.74 Å². The maximum Gasteiger partial charge on any atom is 0.263 e. The maximum absolute atomic E-state index is 12.4. The third-order valence-electron chi connectivity index (χ3n) is 4.46. The van der Waals surface area contributed by atoms with Gasteiger partial charge in [-0.3, -0.25) is 9.78 Å². The van der Waals surface area contributed by atoms with Gasteiger partial charge < -0.3 is 10.1 Å². The molecule has 1 atom stereocenters. The molecule has 0 amide bonds. The van der Waals surface area contributed by atoms with Gasteiger partial charge in [0.2, 0.25) is 5.95 Å². The normalized spacial score (nSPS) is 22.9. The van der Waals surface area contributed by atoms with Crippen molar-refractivity contribution in [2.75, 3.05) is 5.32 Å². The number of rotatable bonds is 2. The van der Waals surface area contributed by atoms with Crippen LogP contribution in [0.4, 0.5) is 5.95 Å². The third kappa shape index (κ3) is 2.92. The predicted molar refractivity (Wildman–Crippen MR) is 94.4 cm³/mol. The van der Waals surface area contributed by atoms with Crippen molar-refractivity contribution in [3.05, 3.63) is 16.6 Å². The number of aromatic amines is 1. The molecule has 2 N–H and O–H groups in total. The number of ether oxygens (including phenoxy) is 1. The van der Waals surface area contributed by atoms with Gasteiger partial charge in [0, 0.05) is 0 Å². The van der Waals surface area contributed by atoms with E-state index in [4.69, 9.17) is 4.74 Å². The summed E-state index contributed by atoms with van der Waals surface area (Å²) in [6, 6.07) is 0.0547. The molecular weight excluding hydrogens is 306 g/mol. The summed E-state index contributed by atoms with van der Waals surface area (Å²) in [5.74, 6) is 0.456. The predicted octanol–water partition coefficient (Wildman–Crippen LogP) is 2.63. The van der Waals surface area contributed by atoms with Gasteiger partial charge in [0.1, 0.15) is 5.39 Å². The molecule has 0 aliphatic carbocycles. The summed E-state index contributed by atoms with van der Waals surface area (Å²) in [5, 5.41) is 8.19. The molecule has 1 saturated heterocycles. The molecule has 0 aromatic carbocycles. The highest BCUT2D eigenvalue weighted by Crippen LogP contribution is 2.38. The first-order chi connectivity index (χ1) is 10.9. The second-order valence-electron chi connectivity index (χ2n) is 8.75. The van der Waals surface area contributed by atoms with Gasteiger partial charge in [-0.15, -0.1) is 0 Å². The van der Waals surface area contributed by atoms with E-state index in [1.165, 1.54) is 0 Å². The van der Waals surface area contributed by atoms with Crippen molar-refractivity contribution >= 4 is 17.0 Å². The minimum Gasteiger partial charge on any atom is -0.367 e. The first-order valence-corrected chi connectivity index (χ1v) is 8.34. The van der Waals surface area contributed by atoms with E-state index in [9.17, 15) is 4.79 Å². The highest BCUT2D eigenvalue weighted by atomic mass is 16.5. The van der Waals surface area contributed by atoms with Crippen LogP contribution < -0.4 is 10.9 Å². The van der Waals surface area contributed by atoms with Crippen LogP contribution in [0.3, 0.4) is 0 Å². The molecule has 2 aromatic rings. The van der Waals surface area contributed by atoms with Crippen LogP contribution in [0, 0.1) is 0 Å². The Bertz CT molecular complexity index is 826. The second-order valence-corrected chi connectivity index (χ2v) is 8.75. The van der Waals surface area contributed by atoms with Gasteiger partial charge >= 0.3 is 0 Å². The van der Waals surface area contributed by atoms with E-state index in [0.29, 0.717) is 17.0 Å². The Morgan fingerprint density at radius 3 is 2.54 bits per heavy atom. The molecule has 0 saturated carbocycles. The number of nitrogens with zero attached hydrogens (tertiary/aromatic N) is 3. The average Bonchev–Trinajstić information content (AvgIpc) is 2.87. The molecule has 24 heavy (non-hydrogen) atoms. The standard InChI is InChI=1S/C17H27N5O2/c1-15(2,3)22-12-10(9-18-22)13(23)21-14(20-12)19-11-8-16(4,5)24-17(11,6)7/h9,11H,8H2,1-7H3,(H2,19,20,21,23).